The third-order valence-corrected chi connectivity index (χ3v) is 4.96. The Hall–Kier alpha value is 0.1000. The van der Waals surface area contributed by atoms with Gasteiger partial charge in [0.2, 0.25) is 0 Å². The lowest BCUT2D eigenvalue weighted by Gasteiger charge is -2.09. The van der Waals surface area contributed by atoms with Crippen LogP contribution in [0.3, 0.4) is 0 Å². The molecule has 0 N–H and O–H groups in total. The molecule has 1 aromatic rings. The summed E-state index contributed by atoms with van der Waals surface area (Å²) in [4.78, 5) is 11.6. The second-order valence-corrected chi connectivity index (χ2v) is 5.80. The van der Waals surface area contributed by atoms with E-state index in [0.717, 1.165) is 4.90 Å². The molecule has 16 heavy (non-hydrogen) atoms. The largest absolute Gasteiger partial charge is 0.468 e. The molecular formula is C10H9BrCl2O2S. The van der Waals surface area contributed by atoms with Crippen LogP contribution in [0.15, 0.2) is 23.1 Å². The number of methoxy groups -OCH3 is 1. The average molecular weight is 344 g/mol. The van der Waals surface area contributed by atoms with Crippen molar-refractivity contribution in [2.24, 2.45) is 0 Å². The van der Waals surface area contributed by atoms with Gasteiger partial charge in [-0.2, -0.15) is 0 Å². The van der Waals surface area contributed by atoms with E-state index in [0.29, 0.717) is 15.8 Å². The third-order valence-electron chi connectivity index (χ3n) is 1.75. The molecule has 0 aliphatic heterocycles. The standard InChI is InChI=1S/C10H9BrCl2O2S/c1-15-10(14)6(11)5-16-9-7(12)3-2-4-8(9)13/h2-4,6H,5H2,1H3. The van der Waals surface area contributed by atoms with E-state index in [1.54, 1.807) is 18.2 Å². The summed E-state index contributed by atoms with van der Waals surface area (Å²) in [7, 11) is 1.35. The molecule has 0 bridgehead atoms. The first-order valence-corrected chi connectivity index (χ1v) is 7.00. The third kappa shape index (κ3) is 3.84. The van der Waals surface area contributed by atoms with Crippen molar-refractivity contribution in [2.75, 3.05) is 12.9 Å². The predicted octanol–water partition coefficient (Wildman–Crippen LogP) is 4.02. The number of rotatable bonds is 4. The summed E-state index contributed by atoms with van der Waals surface area (Å²) in [5.74, 6) is 0.200. The van der Waals surface area contributed by atoms with E-state index in [1.807, 2.05) is 0 Å². The monoisotopic (exact) mass is 342 g/mol. The van der Waals surface area contributed by atoms with Gasteiger partial charge in [-0.25, -0.2) is 0 Å². The van der Waals surface area contributed by atoms with Crippen LogP contribution in [0.25, 0.3) is 0 Å². The van der Waals surface area contributed by atoms with Crippen molar-refractivity contribution in [3.05, 3.63) is 28.2 Å². The van der Waals surface area contributed by atoms with Gasteiger partial charge in [0.05, 0.1) is 17.2 Å². The van der Waals surface area contributed by atoms with Crippen LogP contribution in [0.5, 0.6) is 0 Å². The van der Waals surface area contributed by atoms with Crippen molar-refractivity contribution < 1.29 is 9.53 Å². The topological polar surface area (TPSA) is 26.3 Å². The zero-order chi connectivity index (χ0) is 12.1. The van der Waals surface area contributed by atoms with Crippen LogP contribution >= 0.6 is 50.9 Å². The van der Waals surface area contributed by atoms with E-state index < -0.39 is 0 Å². The average Bonchev–Trinajstić information content (AvgIpc) is 2.27. The number of halogens is 3. The van der Waals surface area contributed by atoms with E-state index in [2.05, 4.69) is 20.7 Å². The Labute approximate surface area is 117 Å². The smallest absolute Gasteiger partial charge is 0.320 e. The first kappa shape index (κ1) is 14.2. The second-order valence-electron chi connectivity index (χ2n) is 2.85. The van der Waals surface area contributed by atoms with Crippen LogP contribution in [0.2, 0.25) is 10.0 Å². The lowest BCUT2D eigenvalue weighted by atomic mass is 10.4. The minimum atomic E-state index is -0.366. The van der Waals surface area contributed by atoms with Gasteiger partial charge in [-0.05, 0) is 12.1 Å². The fraction of sp³-hybridized carbons (Fsp3) is 0.300. The van der Waals surface area contributed by atoms with Gasteiger partial charge in [0.1, 0.15) is 4.83 Å². The van der Waals surface area contributed by atoms with Gasteiger partial charge in [0, 0.05) is 10.6 Å². The molecule has 1 atom stereocenters. The molecule has 0 radical (unpaired) electrons. The molecule has 0 saturated carbocycles. The van der Waals surface area contributed by atoms with E-state index in [9.17, 15) is 4.79 Å². The number of carbonyl (C=O) groups excluding carboxylic acids is 1. The molecular weight excluding hydrogens is 335 g/mol. The second kappa shape index (κ2) is 6.74. The number of ether oxygens (including phenoxy) is 1. The number of hydrogen-bond acceptors (Lipinski definition) is 3. The number of hydrogen-bond donors (Lipinski definition) is 0. The molecule has 0 aliphatic rings. The Kier molecular flexibility index (Phi) is 5.97. The van der Waals surface area contributed by atoms with Crippen molar-refractivity contribution >= 4 is 56.9 Å². The zero-order valence-electron chi connectivity index (χ0n) is 8.38. The van der Waals surface area contributed by atoms with E-state index >= 15 is 0 Å². The quantitative estimate of drug-likeness (QED) is 0.469. The van der Waals surface area contributed by atoms with Crippen LogP contribution in [-0.2, 0) is 9.53 Å². The Morgan fingerprint density at radius 3 is 2.56 bits per heavy atom. The molecule has 1 aromatic carbocycles. The first-order valence-electron chi connectivity index (χ1n) is 4.35. The molecule has 0 saturated heterocycles. The minimum Gasteiger partial charge on any atom is -0.468 e. The maximum atomic E-state index is 11.2. The molecule has 0 fully saturated rings. The summed E-state index contributed by atoms with van der Waals surface area (Å²) in [5.41, 5.74) is 0. The normalized spacial score (nSPS) is 12.2. The number of esters is 1. The summed E-state index contributed by atoms with van der Waals surface area (Å²) < 4.78 is 4.60. The number of thioether (sulfide) groups is 1. The van der Waals surface area contributed by atoms with Crippen molar-refractivity contribution in [1.29, 1.82) is 0 Å². The maximum absolute atomic E-state index is 11.2. The van der Waals surface area contributed by atoms with Crippen LogP contribution < -0.4 is 0 Å². The van der Waals surface area contributed by atoms with E-state index in [1.165, 1.54) is 18.9 Å². The van der Waals surface area contributed by atoms with Gasteiger partial charge in [0.25, 0.3) is 0 Å². The molecule has 88 valence electrons. The Balaban J connectivity index is 2.64. The van der Waals surface area contributed by atoms with Gasteiger partial charge in [-0.1, -0.05) is 45.2 Å². The van der Waals surface area contributed by atoms with Gasteiger partial charge in [-0.15, -0.1) is 11.8 Å². The molecule has 6 heteroatoms. The van der Waals surface area contributed by atoms with Crippen molar-refractivity contribution in [3.8, 4) is 0 Å². The highest BCUT2D eigenvalue weighted by atomic mass is 79.9. The molecule has 2 nitrogen and oxygen atoms in total. The Morgan fingerprint density at radius 2 is 2.06 bits per heavy atom. The molecule has 1 unspecified atom stereocenters. The summed E-state index contributed by atoms with van der Waals surface area (Å²) in [6.07, 6.45) is 0. The van der Waals surface area contributed by atoms with Crippen molar-refractivity contribution in [1.82, 2.24) is 0 Å². The highest BCUT2D eigenvalue weighted by Gasteiger charge is 2.17. The maximum Gasteiger partial charge on any atom is 0.320 e. The zero-order valence-corrected chi connectivity index (χ0v) is 12.3. The fourth-order valence-corrected chi connectivity index (χ4v) is 3.14. The molecule has 0 aliphatic carbocycles. The van der Waals surface area contributed by atoms with Crippen LogP contribution in [0, 0.1) is 0 Å². The van der Waals surface area contributed by atoms with E-state index in [4.69, 9.17) is 23.2 Å². The lowest BCUT2D eigenvalue weighted by molar-refractivity contribution is -0.139. The summed E-state index contributed by atoms with van der Waals surface area (Å²) in [6, 6.07) is 5.30. The number of alkyl halides is 1. The van der Waals surface area contributed by atoms with E-state index in [-0.39, 0.29) is 10.8 Å². The van der Waals surface area contributed by atoms with Crippen LogP contribution in [0.4, 0.5) is 0 Å². The molecule has 0 aromatic heterocycles. The molecule has 0 heterocycles. The molecule has 0 amide bonds. The highest BCUT2D eigenvalue weighted by Crippen LogP contribution is 2.34. The van der Waals surface area contributed by atoms with Crippen LogP contribution in [-0.4, -0.2) is 23.7 Å². The highest BCUT2D eigenvalue weighted by molar-refractivity contribution is 9.10. The Morgan fingerprint density at radius 1 is 1.50 bits per heavy atom. The molecule has 1 rings (SSSR count). The predicted molar refractivity (Wildman–Crippen MR) is 71.9 cm³/mol. The summed E-state index contributed by atoms with van der Waals surface area (Å²) in [6.45, 7) is 0. The van der Waals surface area contributed by atoms with Crippen molar-refractivity contribution in [3.63, 3.8) is 0 Å². The SMILES string of the molecule is COC(=O)C(Br)CSc1c(Cl)cccc1Cl. The van der Waals surface area contributed by atoms with Crippen LogP contribution in [0.1, 0.15) is 0 Å². The summed E-state index contributed by atoms with van der Waals surface area (Å²) >= 11 is 16.6. The lowest BCUT2D eigenvalue weighted by Crippen LogP contribution is -2.17. The number of carbonyl (C=O) groups is 1. The Bertz CT molecular complexity index is 367. The van der Waals surface area contributed by atoms with Gasteiger partial charge in [0.15, 0.2) is 0 Å². The number of benzene rings is 1. The van der Waals surface area contributed by atoms with Gasteiger partial charge in [-0.3, -0.25) is 4.79 Å². The summed E-state index contributed by atoms with van der Waals surface area (Å²) in [5, 5.41) is 1.17. The first-order chi connectivity index (χ1) is 7.56. The minimum absolute atomic E-state index is 0.310. The van der Waals surface area contributed by atoms with Crippen molar-refractivity contribution in [2.45, 2.75) is 9.72 Å². The van der Waals surface area contributed by atoms with Gasteiger partial charge < -0.3 is 4.74 Å². The molecule has 0 spiro atoms. The fourth-order valence-electron chi connectivity index (χ4n) is 0.973. The van der Waals surface area contributed by atoms with Gasteiger partial charge >= 0.3 is 5.97 Å².